The van der Waals surface area contributed by atoms with Gasteiger partial charge >= 0.3 is 5.97 Å². The molecule has 0 unspecified atom stereocenters. The van der Waals surface area contributed by atoms with E-state index in [0.29, 0.717) is 5.75 Å². The van der Waals surface area contributed by atoms with Crippen molar-refractivity contribution >= 4 is 40.8 Å². The van der Waals surface area contributed by atoms with E-state index < -0.39 is 5.97 Å². The third-order valence-corrected chi connectivity index (χ3v) is 3.32. The molecule has 0 saturated heterocycles. The predicted octanol–water partition coefficient (Wildman–Crippen LogP) is 4.63. The van der Waals surface area contributed by atoms with Gasteiger partial charge in [0.05, 0.1) is 15.1 Å². The van der Waals surface area contributed by atoms with Crippen LogP contribution in [0.3, 0.4) is 0 Å². The van der Waals surface area contributed by atoms with Crippen molar-refractivity contribution in [2.75, 3.05) is 6.61 Å². The molecule has 2 aromatic carbocycles. The Morgan fingerprint density at radius 1 is 0.950 bits per heavy atom. The van der Waals surface area contributed by atoms with E-state index in [9.17, 15) is 4.79 Å². The second-order valence-electron chi connectivity index (χ2n) is 3.77. The number of ether oxygens (including phenoxy) is 2. The van der Waals surface area contributed by atoms with Crippen molar-refractivity contribution < 1.29 is 14.3 Å². The van der Waals surface area contributed by atoms with Crippen molar-refractivity contribution in [3.8, 4) is 11.5 Å². The zero-order chi connectivity index (χ0) is 14.5. The Morgan fingerprint density at radius 3 is 2.30 bits per heavy atom. The summed E-state index contributed by atoms with van der Waals surface area (Å²) < 4.78 is 10.3. The van der Waals surface area contributed by atoms with Crippen LogP contribution in [0.25, 0.3) is 0 Å². The van der Waals surface area contributed by atoms with E-state index in [1.807, 2.05) is 6.07 Å². The molecule has 0 aliphatic heterocycles. The molecule has 0 aliphatic carbocycles. The molecule has 2 aromatic rings. The molecule has 0 N–H and O–H groups in total. The summed E-state index contributed by atoms with van der Waals surface area (Å²) in [7, 11) is 0. The zero-order valence-corrected chi connectivity index (χ0v) is 12.4. The van der Waals surface area contributed by atoms with Crippen molar-refractivity contribution in [1.82, 2.24) is 0 Å². The summed E-state index contributed by atoms with van der Waals surface area (Å²) in [5, 5.41) is 0.743. The molecule has 0 fully saturated rings. The molecule has 0 radical (unpaired) electrons. The first-order valence-electron chi connectivity index (χ1n) is 5.59. The third kappa shape index (κ3) is 4.04. The van der Waals surface area contributed by atoms with Gasteiger partial charge in [-0.05, 0) is 18.2 Å². The molecule has 0 aromatic heterocycles. The lowest BCUT2D eigenvalue weighted by molar-refractivity contribution is -0.136. The lowest BCUT2D eigenvalue weighted by Gasteiger charge is -2.08. The lowest BCUT2D eigenvalue weighted by Crippen LogP contribution is -2.17. The quantitative estimate of drug-likeness (QED) is 0.465. The Labute approximate surface area is 131 Å². The molecular weight excluding hydrogens is 323 g/mol. The zero-order valence-electron chi connectivity index (χ0n) is 10.1. The maximum Gasteiger partial charge on any atom is 0.349 e. The summed E-state index contributed by atoms with van der Waals surface area (Å²) in [6.45, 7) is -0.236. The molecule has 0 spiro atoms. The second-order valence-corrected chi connectivity index (χ2v) is 4.99. The van der Waals surface area contributed by atoms with Gasteiger partial charge < -0.3 is 9.47 Å². The van der Waals surface area contributed by atoms with Crippen LogP contribution in [-0.4, -0.2) is 12.6 Å². The van der Waals surface area contributed by atoms with E-state index >= 15 is 0 Å². The summed E-state index contributed by atoms with van der Waals surface area (Å²) >= 11 is 17.5. The largest absolute Gasteiger partial charge is 0.482 e. The SMILES string of the molecule is O=C(COc1ccccc1)Oc1cc(Cl)c(Cl)cc1Cl. The van der Waals surface area contributed by atoms with Gasteiger partial charge in [0.25, 0.3) is 0 Å². The molecule has 2 rings (SSSR count). The molecule has 0 aliphatic rings. The van der Waals surface area contributed by atoms with Crippen LogP contribution in [0, 0.1) is 0 Å². The smallest absolute Gasteiger partial charge is 0.349 e. The minimum atomic E-state index is -0.589. The first-order valence-corrected chi connectivity index (χ1v) is 6.72. The highest BCUT2D eigenvalue weighted by atomic mass is 35.5. The normalized spacial score (nSPS) is 10.2. The average Bonchev–Trinajstić information content (AvgIpc) is 2.44. The summed E-state index contributed by atoms with van der Waals surface area (Å²) in [4.78, 5) is 11.7. The van der Waals surface area contributed by atoms with E-state index in [1.54, 1.807) is 24.3 Å². The van der Waals surface area contributed by atoms with Crippen LogP contribution in [-0.2, 0) is 4.79 Å². The van der Waals surface area contributed by atoms with Crippen molar-refractivity contribution in [2.24, 2.45) is 0 Å². The monoisotopic (exact) mass is 330 g/mol. The van der Waals surface area contributed by atoms with Gasteiger partial charge in [-0.1, -0.05) is 53.0 Å². The molecule has 0 saturated carbocycles. The molecule has 3 nitrogen and oxygen atoms in total. The fraction of sp³-hybridized carbons (Fsp3) is 0.0714. The highest BCUT2D eigenvalue weighted by Crippen LogP contribution is 2.33. The summed E-state index contributed by atoms with van der Waals surface area (Å²) in [6.07, 6.45) is 0. The van der Waals surface area contributed by atoms with Gasteiger partial charge in [0.2, 0.25) is 0 Å². The van der Waals surface area contributed by atoms with Gasteiger partial charge in [-0.3, -0.25) is 0 Å². The summed E-state index contributed by atoms with van der Waals surface area (Å²) in [6, 6.07) is 11.7. The Morgan fingerprint density at radius 2 is 1.60 bits per heavy atom. The van der Waals surface area contributed by atoms with Gasteiger partial charge in [-0.15, -0.1) is 0 Å². The standard InChI is InChI=1S/C14H9Cl3O3/c15-10-6-12(17)13(7-11(10)16)20-14(18)8-19-9-4-2-1-3-5-9/h1-7H,8H2. The number of hydrogen-bond acceptors (Lipinski definition) is 3. The lowest BCUT2D eigenvalue weighted by atomic mass is 10.3. The molecule has 6 heteroatoms. The number of esters is 1. The minimum absolute atomic E-state index is 0.141. The van der Waals surface area contributed by atoms with E-state index in [4.69, 9.17) is 44.3 Å². The van der Waals surface area contributed by atoms with Crippen LogP contribution in [0.5, 0.6) is 11.5 Å². The average molecular weight is 332 g/mol. The first kappa shape index (κ1) is 15.0. The fourth-order valence-electron chi connectivity index (χ4n) is 1.39. The Hall–Kier alpha value is -1.42. The van der Waals surface area contributed by atoms with Gasteiger partial charge in [0.1, 0.15) is 5.75 Å². The topological polar surface area (TPSA) is 35.5 Å². The van der Waals surface area contributed by atoms with Crippen molar-refractivity contribution in [1.29, 1.82) is 0 Å². The number of hydrogen-bond donors (Lipinski definition) is 0. The van der Waals surface area contributed by atoms with Gasteiger partial charge in [0.15, 0.2) is 12.4 Å². The number of halogens is 3. The highest BCUT2D eigenvalue weighted by Gasteiger charge is 2.12. The van der Waals surface area contributed by atoms with E-state index in [0.717, 1.165) is 0 Å². The van der Waals surface area contributed by atoms with Crippen LogP contribution < -0.4 is 9.47 Å². The number of carbonyl (C=O) groups excluding carboxylic acids is 1. The summed E-state index contributed by atoms with van der Waals surface area (Å²) in [5.74, 6) is 0.126. The molecule has 104 valence electrons. The van der Waals surface area contributed by atoms with E-state index in [2.05, 4.69) is 0 Å². The maximum atomic E-state index is 11.7. The van der Waals surface area contributed by atoms with Crippen molar-refractivity contribution in [3.63, 3.8) is 0 Å². The van der Waals surface area contributed by atoms with Gasteiger partial charge in [-0.2, -0.15) is 0 Å². The van der Waals surface area contributed by atoms with Crippen molar-refractivity contribution in [2.45, 2.75) is 0 Å². The predicted molar refractivity (Wildman–Crippen MR) is 79.0 cm³/mol. The Bertz CT molecular complexity index is 615. The Kier molecular flexibility index (Phi) is 5.12. The van der Waals surface area contributed by atoms with Crippen LogP contribution in [0.2, 0.25) is 15.1 Å². The minimum Gasteiger partial charge on any atom is -0.482 e. The van der Waals surface area contributed by atoms with E-state index in [1.165, 1.54) is 12.1 Å². The number of benzene rings is 2. The first-order chi connectivity index (χ1) is 9.56. The summed E-state index contributed by atoms with van der Waals surface area (Å²) in [5.41, 5.74) is 0. The maximum absolute atomic E-state index is 11.7. The molecular formula is C14H9Cl3O3. The van der Waals surface area contributed by atoms with Gasteiger partial charge in [-0.25, -0.2) is 4.79 Å². The van der Waals surface area contributed by atoms with Gasteiger partial charge in [0, 0.05) is 6.07 Å². The molecule has 20 heavy (non-hydrogen) atoms. The number of carbonyl (C=O) groups is 1. The van der Waals surface area contributed by atoms with E-state index in [-0.39, 0.29) is 27.4 Å². The molecule has 0 atom stereocenters. The van der Waals surface area contributed by atoms with Crippen LogP contribution in [0.15, 0.2) is 42.5 Å². The molecule has 0 heterocycles. The molecule has 0 amide bonds. The third-order valence-electron chi connectivity index (χ3n) is 2.30. The second kappa shape index (κ2) is 6.84. The number of para-hydroxylation sites is 1. The van der Waals surface area contributed by atoms with Crippen LogP contribution in [0.1, 0.15) is 0 Å². The van der Waals surface area contributed by atoms with Crippen molar-refractivity contribution in [3.05, 3.63) is 57.5 Å². The highest BCUT2D eigenvalue weighted by molar-refractivity contribution is 6.43. The van der Waals surface area contributed by atoms with Crippen LogP contribution >= 0.6 is 34.8 Å². The fourth-order valence-corrected chi connectivity index (χ4v) is 1.97. The molecule has 0 bridgehead atoms. The van der Waals surface area contributed by atoms with Crippen LogP contribution in [0.4, 0.5) is 0 Å². The number of rotatable bonds is 4. The Balaban J connectivity index is 1.97.